The van der Waals surface area contributed by atoms with Crippen molar-refractivity contribution in [2.24, 2.45) is 41.2 Å². The third kappa shape index (κ3) is 16.7. The number of carbonyl (C=O) groups excluding carboxylic acids is 9. The molecular weight excluding hydrogens is 961 g/mol. The number of nitrogens with one attached hydrogen (secondary N) is 9. The number of imidazole rings is 3. The van der Waals surface area contributed by atoms with Crippen LogP contribution in [0.4, 0.5) is 23.0 Å². The summed E-state index contributed by atoms with van der Waals surface area (Å²) in [7, 11) is 10.1. The van der Waals surface area contributed by atoms with Gasteiger partial charge in [-0.1, -0.05) is 13.8 Å². The lowest BCUT2D eigenvalue weighted by atomic mass is 10.2. The van der Waals surface area contributed by atoms with E-state index in [1.807, 2.05) is 20.9 Å². The van der Waals surface area contributed by atoms with Crippen molar-refractivity contribution in [3.05, 3.63) is 78.2 Å². The van der Waals surface area contributed by atoms with Gasteiger partial charge in [0.1, 0.15) is 11.4 Å². The summed E-state index contributed by atoms with van der Waals surface area (Å²) in [6.45, 7) is 6.40. The molecule has 0 aromatic carbocycles. The van der Waals surface area contributed by atoms with E-state index >= 15 is 0 Å². The first-order valence-electron chi connectivity index (χ1n) is 23.9. The average molecular weight is 1030 g/mol. The lowest BCUT2D eigenvalue weighted by molar-refractivity contribution is -0.124. The van der Waals surface area contributed by atoms with E-state index in [1.165, 1.54) is 55.2 Å². The molecule has 27 nitrogen and oxygen atoms in total. The first-order chi connectivity index (χ1) is 35.2. The number of hydrogen-bond donors (Lipinski definition) is 9. The van der Waals surface area contributed by atoms with E-state index in [1.54, 1.807) is 52.2 Å². The molecule has 0 spiro atoms. The predicted molar refractivity (Wildman–Crippen MR) is 272 cm³/mol. The Hall–Kier alpha value is -8.62. The second kappa shape index (κ2) is 26.7. The molecule has 27 heteroatoms. The Bertz CT molecular complexity index is 2830. The van der Waals surface area contributed by atoms with Gasteiger partial charge in [0.05, 0.1) is 11.4 Å². The van der Waals surface area contributed by atoms with Gasteiger partial charge >= 0.3 is 0 Å². The van der Waals surface area contributed by atoms with E-state index in [2.05, 4.69) is 67.7 Å². The molecule has 0 aliphatic carbocycles. The van der Waals surface area contributed by atoms with Crippen molar-refractivity contribution in [2.75, 3.05) is 74.1 Å². The van der Waals surface area contributed by atoms with E-state index in [9.17, 15) is 43.2 Å². The van der Waals surface area contributed by atoms with Crippen LogP contribution < -0.4 is 47.9 Å². The third-order valence-corrected chi connectivity index (χ3v) is 11.2. The van der Waals surface area contributed by atoms with Crippen LogP contribution in [0.1, 0.15) is 98.8 Å². The van der Waals surface area contributed by atoms with Gasteiger partial charge in [-0.3, -0.25) is 43.2 Å². The van der Waals surface area contributed by atoms with E-state index < -0.39 is 41.4 Å². The van der Waals surface area contributed by atoms with E-state index in [4.69, 9.17) is 0 Å². The minimum absolute atomic E-state index is 0.0185. The predicted octanol–water partition coefficient (Wildman–Crippen LogP) is 0.306. The molecule has 0 radical (unpaired) electrons. The molecular formula is C47H66N18O9. The van der Waals surface area contributed by atoms with Crippen LogP contribution in [0.15, 0.2) is 49.3 Å². The Kier molecular flexibility index (Phi) is 20.3. The van der Waals surface area contributed by atoms with Crippen molar-refractivity contribution in [2.45, 2.75) is 46.0 Å². The fourth-order valence-corrected chi connectivity index (χ4v) is 7.23. The molecule has 0 saturated heterocycles. The van der Waals surface area contributed by atoms with Gasteiger partial charge in [0.25, 0.3) is 29.5 Å². The highest BCUT2D eigenvalue weighted by molar-refractivity contribution is 6.04. The highest BCUT2D eigenvalue weighted by atomic mass is 16.2. The summed E-state index contributed by atoms with van der Waals surface area (Å²) in [5.41, 5.74) is 1.09. The standard InChI is InChI=1S/C47H66N18O9/c1-29(2)42(69)50-15-10-21-60(3)20-9-14-48-36(66)11-16-53-45(72)40-58-34(27-64(40)7)56-37(67)12-17-52-44(71)33-24-31(26-63(33)6)55-47(74)41-59-35(28-65(41)8)57-38(68)13-18-51-43(70)32-23-30(25-62(32)5)54-46(73)39-49-19-22-61(39)4/h19,22-29H,9-18,20-21H2,1-8H3,(H,48,66)(H,50,69)(H,51,70)(H,52,71)(H,53,72)(H,54,73)(H,55,74)(H,56,67)(H,57,68). The fraction of sp³-hybridized carbons (Fsp3) is 0.447. The maximum absolute atomic E-state index is 13.2. The molecule has 5 aromatic heterocycles. The van der Waals surface area contributed by atoms with E-state index in [0.717, 1.165) is 25.9 Å². The van der Waals surface area contributed by atoms with Crippen molar-refractivity contribution >= 4 is 76.2 Å². The van der Waals surface area contributed by atoms with Gasteiger partial charge in [-0.15, -0.1) is 0 Å². The molecule has 5 aromatic rings. The molecule has 0 bridgehead atoms. The van der Waals surface area contributed by atoms with Gasteiger partial charge in [0.2, 0.25) is 35.3 Å². The largest absolute Gasteiger partial charge is 0.356 e. The average Bonchev–Trinajstić information content (AvgIpc) is 4.18. The normalized spacial score (nSPS) is 11.0. The van der Waals surface area contributed by atoms with Crippen molar-refractivity contribution in [3.63, 3.8) is 0 Å². The lowest BCUT2D eigenvalue weighted by Crippen LogP contribution is -2.33. The summed E-state index contributed by atoms with van der Waals surface area (Å²) in [5, 5.41) is 24.3. The van der Waals surface area contributed by atoms with Gasteiger partial charge in [-0.2, -0.15) is 0 Å². The summed E-state index contributed by atoms with van der Waals surface area (Å²) in [5.74, 6) is -3.38. The van der Waals surface area contributed by atoms with Crippen molar-refractivity contribution < 1.29 is 43.2 Å². The third-order valence-electron chi connectivity index (χ3n) is 11.2. The fourth-order valence-electron chi connectivity index (χ4n) is 7.23. The first-order valence-corrected chi connectivity index (χ1v) is 23.9. The molecule has 74 heavy (non-hydrogen) atoms. The molecule has 0 aliphatic rings. The molecule has 0 unspecified atom stereocenters. The highest BCUT2D eigenvalue weighted by Gasteiger charge is 2.21. The zero-order valence-electron chi connectivity index (χ0n) is 42.9. The van der Waals surface area contributed by atoms with Gasteiger partial charge < -0.3 is 75.6 Å². The number of carbonyl (C=O) groups is 9. The first kappa shape index (κ1) is 56.3. The number of hydrogen-bond acceptors (Lipinski definition) is 13. The van der Waals surface area contributed by atoms with Crippen LogP contribution in [-0.2, 0) is 54.4 Å². The minimum Gasteiger partial charge on any atom is -0.356 e. The Labute approximate surface area is 427 Å². The molecule has 0 atom stereocenters. The monoisotopic (exact) mass is 1030 g/mol. The van der Waals surface area contributed by atoms with Crippen LogP contribution >= 0.6 is 0 Å². The van der Waals surface area contributed by atoms with Crippen molar-refractivity contribution in [1.82, 2.24) is 69.3 Å². The topological polar surface area (TPSA) is 328 Å². The van der Waals surface area contributed by atoms with Crippen LogP contribution in [-0.4, -0.2) is 149 Å². The zero-order chi connectivity index (χ0) is 54.1. The number of anilines is 4. The molecule has 9 amide bonds. The van der Waals surface area contributed by atoms with Crippen molar-refractivity contribution in [1.29, 1.82) is 0 Å². The van der Waals surface area contributed by atoms with Crippen LogP contribution in [0.25, 0.3) is 0 Å². The molecule has 398 valence electrons. The van der Waals surface area contributed by atoms with Gasteiger partial charge in [0.15, 0.2) is 17.5 Å². The number of aryl methyl sites for hydroxylation is 5. The molecule has 0 aliphatic heterocycles. The summed E-state index contributed by atoms with van der Waals surface area (Å²) in [6.07, 6.45) is 10.5. The van der Waals surface area contributed by atoms with Gasteiger partial charge in [-0.05, 0) is 45.1 Å². The molecule has 9 N–H and O–H groups in total. The smallest absolute Gasteiger partial charge is 0.291 e. The summed E-state index contributed by atoms with van der Waals surface area (Å²) in [6, 6.07) is 2.94. The quantitative estimate of drug-likeness (QED) is 0.0320. The number of aromatic nitrogens is 8. The van der Waals surface area contributed by atoms with Crippen LogP contribution in [0, 0.1) is 5.92 Å². The Morgan fingerprint density at radius 3 is 1.42 bits per heavy atom. The molecule has 5 rings (SSSR count). The van der Waals surface area contributed by atoms with Crippen molar-refractivity contribution in [3.8, 4) is 0 Å². The lowest BCUT2D eigenvalue weighted by Gasteiger charge is -2.17. The van der Waals surface area contributed by atoms with E-state index in [0.29, 0.717) is 18.8 Å². The van der Waals surface area contributed by atoms with Gasteiger partial charge in [-0.25, -0.2) is 15.0 Å². The number of amides is 9. The van der Waals surface area contributed by atoms with E-state index in [-0.39, 0.29) is 103 Å². The Balaban J connectivity index is 0.964. The summed E-state index contributed by atoms with van der Waals surface area (Å²) in [4.78, 5) is 128. The van der Waals surface area contributed by atoms with Crippen LogP contribution in [0.2, 0.25) is 0 Å². The molecule has 0 saturated carbocycles. The number of rotatable bonds is 27. The Morgan fingerprint density at radius 2 is 0.946 bits per heavy atom. The summed E-state index contributed by atoms with van der Waals surface area (Å²) >= 11 is 0. The zero-order valence-corrected chi connectivity index (χ0v) is 42.9. The second-order valence-corrected chi connectivity index (χ2v) is 17.8. The van der Waals surface area contributed by atoms with Gasteiger partial charge in [0, 0.05) is 130 Å². The minimum atomic E-state index is -0.629. The van der Waals surface area contributed by atoms with Crippen LogP contribution in [0.5, 0.6) is 0 Å². The maximum Gasteiger partial charge on any atom is 0.291 e. The van der Waals surface area contributed by atoms with Crippen LogP contribution in [0.3, 0.4) is 0 Å². The highest BCUT2D eigenvalue weighted by Crippen LogP contribution is 2.17. The maximum atomic E-state index is 13.2. The molecule has 5 heterocycles. The Morgan fingerprint density at radius 1 is 0.500 bits per heavy atom. The molecule has 0 fully saturated rings. The second-order valence-electron chi connectivity index (χ2n) is 17.8. The summed E-state index contributed by atoms with van der Waals surface area (Å²) < 4.78 is 7.43. The number of nitrogens with zero attached hydrogens (tertiary/aromatic N) is 9. The SMILES string of the molecule is CC(C)C(=O)NCCCN(C)CCCNC(=O)CCNC(=O)c1nc(NC(=O)CCNC(=O)c2cc(NC(=O)c3nc(NC(=O)CCNC(=O)c4cc(NC(=O)c5nccn5C)cn4C)cn3C)cn2C)cn1C.